The van der Waals surface area contributed by atoms with Gasteiger partial charge in [0.05, 0.1) is 12.0 Å². The molecule has 0 saturated heterocycles. The molecule has 9 nitrogen and oxygen atoms in total. The summed E-state index contributed by atoms with van der Waals surface area (Å²) in [6.45, 7) is 12.6. The Balaban J connectivity index is 1.67. The number of hydrogen-bond donors (Lipinski definition) is 2. The van der Waals surface area contributed by atoms with Crippen molar-refractivity contribution >= 4 is 27.4 Å². The summed E-state index contributed by atoms with van der Waals surface area (Å²) in [7, 11) is -2.57. The molecule has 0 bridgehead atoms. The number of nitrogens with one attached hydrogen (secondary N) is 2. The van der Waals surface area contributed by atoms with Crippen LogP contribution < -0.4 is 19.5 Å². The van der Waals surface area contributed by atoms with Crippen LogP contribution in [0.25, 0.3) is 0 Å². The maximum atomic E-state index is 12.7. The van der Waals surface area contributed by atoms with E-state index in [0.29, 0.717) is 11.4 Å². The van der Waals surface area contributed by atoms with Crippen LogP contribution in [0.4, 0.5) is 11.5 Å². The molecular formula is C27H34N4O5S. The number of nitrogens with zero attached hydrogens (tertiary/aromatic N) is 2. The third kappa shape index (κ3) is 7.19. The molecule has 0 atom stereocenters. The number of anilines is 2. The number of benzene rings is 2. The first-order valence-corrected chi connectivity index (χ1v) is 13.2. The molecule has 0 radical (unpaired) electrons. The molecule has 0 aliphatic heterocycles. The molecule has 1 amide bonds. The Hall–Kier alpha value is -3.66. The molecule has 10 heteroatoms. The van der Waals surface area contributed by atoms with Crippen LogP contribution in [-0.2, 0) is 25.6 Å². The normalized spacial score (nSPS) is 12.1. The second-order valence-corrected chi connectivity index (χ2v) is 12.3. The summed E-state index contributed by atoms with van der Waals surface area (Å²) >= 11 is 0. The van der Waals surface area contributed by atoms with Crippen molar-refractivity contribution in [2.75, 3.05) is 23.8 Å². The van der Waals surface area contributed by atoms with Crippen molar-refractivity contribution in [2.45, 2.75) is 57.3 Å². The average Bonchev–Trinajstić information content (AvgIpc) is 2.82. The van der Waals surface area contributed by atoms with E-state index in [-0.39, 0.29) is 39.9 Å². The molecule has 1 heterocycles. The Morgan fingerprint density at radius 2 is 1.57 bits per heavy atom. The number of hydrogen-bond acceptors (Lipinski definition) is 7. The van der Waals surface area contributed by atoms with E-state index in [1.54, 1.807) is 0 Å². The second-order valence-electron chi connectivity index (χ2n) is 10.6. The predicted octanol–water partition coefficient (Wildman–Crippen LogP) is 4.90. The van der Waals surface area contributed by atoms with Crippen molar-refractivity contribution in [1.29, 1.82) is 0 Å². The van der Waals surface area contributed by atoms with Crippen LogP contribution in [0, 0.1) is 0 Å². The zero-order valence-electron chi connectivity index (χ0n) is 22.2. The highest BCUT2D eigenvalue weighted by Crippen LogP contribution is 2.35. The fourth-order valence-corrected chi connectivity index (χ4v) is 4.50. The summed E-state index contributed by atoms with van der Waals surface area (Å²) < 4.78 is 38.7. The van der Waals surface area contributed by atoms with Gasteiger partial charge in [0, 0.05) is 18.1 Å². The van der Waals surface area contributed by atoms with Crippen LogP contribution in [0.15, 0.2) is 59.8 Å². The van der Waals surface area contributed by atoms with Crippen molar-refractivity contribution in [1.82, 2.24) is 9.97 Å². The van der Waals surface area contributed by atoms with Gasteiger partial charge in [0.2, 0.25) is 5.82 Å². The molecule has 1 aromatic heterocycles. The van der Waals surface area contributed by atoms with E-state index in [1.807, 2.05) is 12.1 Å². The molecule has 3 aromatic rings. The van der Waals surface area contributed by atoms with E-state index < -0.39 is 10.0 Å². The van der Waals surface area contributed by atoms with E-state index in [9.17, 15) is 13.2 Å². The monoisotopic (exact) mass is 526 g/mol. The number of ether oxygens (including phenoxy) is 2. The summed E-state index contributed by atoms with van der Waals surface area (Å²) in [5.74, 6) is 0.322. The smallest absolute Gasteiger partial charge is 0.263 e. The molecule has 0 saturated carbocycles. The standard InChI is InChI=1S/C27H34N4O5S/c1-26(2,3)18-8-13-22(21(16-18)27(4,5)6)36-17-23(32)30-19-9-11-20(12-10-19)37(33,34)31-24-25(35-7)29-15-14-28-24/h8-16H,17H2,1-7H3,(H,28,31)(H,30,32). The molecule has 0 aliphatic rings. The van der Waals surface area contributed by atoms with Gasteiger partial charge >= 0.3 is 0 Å². The van der Waals surface area contributed by atoms with Gasteiger partial charge in [0.25, 0.3) is 21.8 Å². The largest absolute Gasteiger partial charge is 0.483 e. The molecule has 2 aromatic carbocycles. The number of methoxy groups -OCH3 is 1. The van der Waals surface area contributed by atoms with Gasteiger partial charge in [-0.15, -0.1) is 0 Å². The lowest BCUT2D eigenvalue weighted by molar-refractivity contribution is -0.118. The summed E-state index contributed by atoms with van der Waals surface area (Å²) in [6.07, 6.45) is 2.74. The van der Waals surface area contributed by atoms with Crippen LogP contribution >= 0.6 is 0 Å². The maximum absolute atomic E-state index is 12.7. The highest BCUT2D eigenvalue weighted by atomic mass is 32.2. The van der Waals surface area contributed by atoms with E-state index in [2.05, 4.69) is 67.6 Å². The fourth-order valence-electron chi connectivity index (χ4n) is 3.50. The summed E-state index contributed by atoms with van der Waals surface area (Å²) in [4.78, 5) is 20.4. The predicted molar refractivity (Wildman–Crippen MR) is 144 cm³/mol. The van der Waals surface area contributed by atoms with E-state index in [0.717, 1.165) is 5.56 Å². The Bertz CT molecular complexity index is 1360. The van der Waals surface area contributed by atoms with Crippen molar-refractivity contribution in [3.8, 4) is 11.6 Å². The Kier molecular flexibility index (Phi) is 8.12. The Morgan fingerprint density at radius 3 is 2.16 bits per heavy atom. The summed E-state index contributed by atoms with van der Waals surface area (Å²) in [5, 5.41) is 2.73. The van der Waals surface area contributed by atoms with E-state index in [1.165, 1.54) is 49.3 Å². The molecule has 0 aliphatic carbocycles. The quantitative estimate of drug-likeness (QED) is 0.428. The van der Waals surface area contributed by atoms with Gasteiger partial charge in [0.1, 0.15) is 5.75 Å². The molecular weight excluding hydrogens is 492 g/mol. The molecule has 0 spiro atoms. The SMILES string of the molecule is COc1nccnc1NS(=O)(=O)c1ccc(NC(=O)COc2ccc(C(C)(C)C)cc2C(C)(C)C)cc1. The fraction of sp³-hybridized carbons (Fsp3) is 0.370. The number of sulfonamides is 1. The molecule has 198 valence electrons. The van der Waals surface area contributed by atoms with Crippen molar-refractivity contribution in [3.05, 3.63) is 66.0 Å². The second kappa shape index (κ2) is 10.8. The summed E-state index contributed by atoms with van der Waals surface area (Å²) in [5.41, 5.74) is 2.47. The maximum Gasteiger partial charge on any atom is 0.263 e. The lowest BCUT2D eigenvalue weighted by atomic mass is 9.80. The minimum Gasteiger partial charge on any atom is -0.483 e. The van der Waals surface area contributed by atoms with Crippen molar-refractivity contribution < 1.29 is 22.7 Å². The topological polar surface area (TPSA) is 120 Å². The minimum absolute atomic E-state index is 0.00830. The molecule has 3 rings (SSSR count). The molecule has 0 fully saturated rings. The van der Waals surface area contributed by atoms with Crippen LogP contribution in [0.1, 0.15) is 52.7 Å². The summed E-state index contributed by atoms with van der Waals surface area (Å²) in [6, 6.07) is 11.8. The highest BCUT2D eigenvalue weighted by molar-refractivity contribution is 7.92. The zero-order valence-corrected chi connectivity index (χ0v) is 23.1. The highest BCUT2D eigenvalue weighted by Gasteiger charge is 2.23. The van der Waals surface area contributed by atoms with Gasteiger partial charge in [-0.25, -0.2) is 18.4 Å². The van der Waals surface area contributed by atoms with E-state index in [4.69, 9.17) is 9.47 Å². The van der Waals surface area contributed by atoms with Crippen LogP contribution in [0.5, 0.6) is 11.6 Å². The molecule has 0 unspecified atom stereocenters. The number of carbonyl (C=O) groups excluding carboxylic acids is 1. The number of aromatic nitrogens is 2. The van der Waals surface area contributed by atoms with Crippen LogP contribution in [0.3, 0.4) is 0 Å². The first kappa shape index (κ1) is 27.9. The minimum atomic E-state index is -3.94. The van der Waals surface area contributed by atoms with Gasteiger partial charge in [0.15, 0.2) is 6.61 Å². The van der Waals surface area contributed by atoms with Gasteiger partial charge in [-0.2, -0.15) is 0 Å². The lowest BCUT2D eigenvalue weighted by Crippen LogP contribution is -2.23. The van der Waals surface area contributed by atoms with Gasteiger partial charge < -0.3 is 14.8 Å². The Morgan fingerprint density at radius 1 is 0.919 bits per heavy atom. The molecule has 2 N–H and O–H groups in total. The van der Waals surface area contributed by atoms with Gasteiger partial charge in [-0.1, -0.05) is 53.7 Å². The van der Waals surface area contributed by atoms with Crippen LogP contribution in [0.2, 0.25) is 0 Å². The third-order valence-corrected chi connectivity index (χ3v) is 6.90. The lowest BCUT2D eigenvalue weighted by Gasteiger charge is -2.27. The average molecular weight is 527 g/mol. The first-order chi connectivity index (χ1) is 17.2. The van der Waals surface area contributed by atoms with E-state index >= 15 is 0 Å². The Labute approximate surface area is 218 Å². The third-order valence-electron chi connectivity index (χ3n) is 5.55. The molecule has 37 heavy (non-hydrogen) atoms. The van der Waals surface area contributed by atoms with Crippen molar-refractivity contribution in [2.24, 2.45) is 0 Å². The van der Waals surface area contributed by atoms with Crippen molar-refractivity contribution in [3.63, 3.8) is 0 Å². The van der Waals surface area contributed by atoms with Gasteiger partial charge in [-0.3, -0.25) is 9.52 Å². The first-order valence-electron chi connectivity index (χ1n) is 11.8. The van der Waals surface area contributed by atoms with Crippen LogP contribution in [-0.4, -0.2) is 38.0 Å². The number of amides is 1. The number of rotatable bonds is 8. The van der Waals surface area contributed by atoms with Gasteiger partial charge in [-0.05, 0) is 52.3 Å². The zero-order chi connectivity index (χ0) is 27.4. The number of carbonyl (C=O) groups is 1.